The lowest BCUT2D eigenvalue weighted by atomic mass is 10.0. The molecule has 106 valence electrons. The molecule has 1 amide bonds. The van der Waals surface area contributed by atoms with Crippen LogP contribution >= 0.6 is 0 Å². The Morgan fingerprint density at radius 1 is 1.14 bits per heavy atom. The summed E-state index contributed by atoms with van der Waals surface area (Å²) in [5.41, 5.74) is 4.02. The van der Waals surface area contributed by atoms with E-state index in [0.29, 0.717) is 12.3 Å². The Morgan fingerprint density at radius 3 is 2.62 bits per heavy atom. The molecule has 1 heterocycles. The minimum Gasteiger partial charge on any atom is -0.409 e. The van der Waals surface area contributed by atoms with E-state index in [2.05, 4.69) is 6.07 Å². The third-order valence-electron chi connectivity index (χ3n) is 3.54. The first kappa shape index (κ1) is 13.4. The lowest BCUT2D eigenvalue weighted by molar-refractivity contribution is 0.198. The third-order valence-corrected chi connectivity index (χ3v) is 3.54. The summed E-state index contributed by atoms with van der Waals surface area (Å²) in [5, 5.41) is 0. The summed E-state index contributed by atoms with van der Waals surface area (Å²) in [5.74, 6) is 0.606. The van der Waals surface area contributed by atoms with Gasteiger partial charge in [-0.3, -0.25) is 4.90 Å². The van der Waals surface area contributed by atoms with Gasteiger partial charge in [0.2, 0.25) is 0 Å². The summed E-state index contributed by atoms with van der Waals surface area (Å²) in [4.78, 5) is 13.8. The van der Waals surface area contributed by atoms with Gasteiger partial charge >= 0.3 is 6.09 Å². The first-order chi connectivity index (χ1) is 10.2. The predicted octanol–water partition coefficient (Wildman–Crippen LogP) is 4.47. The number of carbonyl (C=O) groups is 1. The van der Waals surface area contributed by atoms with E-state index in [0.717, 1.165) is 22.4 Å². The molecule has 3 rings (SSSR count). The number of hydrogen-bond donors (Lipinski definition) is 0. The van der Waals surface area contributed by atoms with Crippen LogP contribution in [0.4, 0.5) is 10.5 Å². The first-order valence-electron chi connectivity index (χ1n) is 7.06. The number of ether oxygens (including phenoxy) is 1. The topological polar surface area (TPSA) is 29.5 Å². The fraction of sp³-hybridized carbons (Fsp3) is 0.167. The van der Waals surface area contributed by atoms with Crippen molar-refractivity contribution in [2.75, 3.05) is 11.4 Å². The summed E-state index contributed by atoms with van der Waals surface area (Å²) in [7, 11) is 0. The molecule has 0 N–H and O–H groups in total. The van der Waals surface area contributed by atoms with Crippen molar-refractivity contribution in [3.05, 3.63) is 65.2 Å². The molecule has 0 saturated heterocycles. The second-order valence-electron chi connectivity index (χ2n) is 5.05. The summed E-state index contributed by atoms with van der Waals surface area (Å²) in [6, 6.07) is 15.9. The normalized spacial score (nSPS) is 15.8. The summed E-state index contributed by atoms with van der Waals surface area (Å²) in [6.45, 7) is 4.57. The Labute approximate surface area is 124 Å². The van der Waals surface area contributed by atoms with Crippen LogP contribution in [0.25, 0.3) is 11.8 Å². The molecule has 0 aromatic heterocycles. The predicted molar refractivity (Wildman–Crippen MR) is 85.0 cm³/mol. The quantitative estimate of drug-likeness (QED) is 0.811. The van der Waals surface area contributed by atoms with Crippen molar-refractivity contribution in [2.45, 2.75) is 13.8 Å². The third kappa shape index (κ3) is 2.55. The van der Waals surface area contributed by atoms with Crippen LogP contribution < -0.4 is 4.90 Å². The number of rotatable bonds is 2. The summed E-state index contributed by atoms with van der Waals surface area (Å²) >= 11 is 0. The van der Waals surface area contributed by atoms with Gasteiger partial charge in [-0.15, -0.1) is 0 Å². The van der Waals surface area contributed by atoms with Gasteiger partial charge in [-0.05, 0) is 37.6 Å². The maximum Gasteiger partial charge on any atom is 0.419 e. The van der Waals surface area contributed by atoms with Gasteiger partial charge in [0.25, 0.3) is 0 Å². The molecule has 21 heavy (non-hydrogen) atoms. The molecule has 0 aliphatic carbocycles. The van der Waals surface area contributed by atoms with Gasteiger partial charge in [-0.2, -0.15) is 0 Å². The molecule has 0 saturated carbocycles. The molecule has 2 aromatic rings. The number of nitrogens with zero attached hydrogens (tertiary/aromatic N) is 1. The van der Waals surface area contributed by atoms with E-state index >= 15 is 0 Å². The van der Waals surface area contributed by atoms with E-state index in [4.69, 9.17) is 4.74 Å². The molecule has 3 heteroatoms. The smallest absolute Gasteiger partial charge is 0.409 e. The second-order valence-corrected chi connectivity index (χ2v) is 5.05. The van der Waals surface area contributed by atoms with Crippen LogP contribution in [0, 0.1) is 6.92 Å². The van der Waals surface area contributed by atoms with Gasteiger partial charge < -0.3 is 4.74 Å². The van der Waals surface area contributed by atoms with Crippen LogP contribution in [0.5, 0.6) is 0 Å². The van der Waals surface area contributed by atoms with E-state index in [1.807, 2.05) is 62.4 Å². The van der Waals surface area contributed by atoms with Crippen molar-refractivity contribution in [3.8, 4) is 0 Å². The Morgan fingerprint density at radius 2 is 1.90 bits per heavy atom. The van der Waals surface area contributed by atoms with Crippen molar-refractivity contribution in [1.82, 2.24) is 0 Å². The number of benzene rings is 2. The average Bonchev–Trinajstić information content (AvgIpc) is 2.49. The Balaban J connectivity index is 2.13. The fourth-order valence-corrected chi connectivity index (χ4v) is 2.49. The van der Waals surface area contributed by atoms with Crippen molar-refractivity contribution < 1.29 is 9.53 Å². The molecule has 0 bridgehead atoms. The minimum absolute atomic E-state index is 0.323. The second kappa shape index (κ2) is 5.44. The molecule has 2 aromatic carbocycles. The van der Waals surface area contributed by atoms with Crippen molar-refractivity contribution in [1.29, 1.82) is 0 Å². The number of carbonyl (C=O) groups excluding carboxylic acids is 1. The number of fused-ring (bicyclic) bond motifs is 1. The van der Waals surface area contributed by atoms with Crippen molar-refractivity contribution >= 4 is 23.6 Å². The maximum absolute atomic E-state index is 12.1. The van der Waals surface area contributed by atoms with Gasteiger partial charge in [-0.1, -0.05) is 42.0 Å². The summed E-state index contributed by atoms with van der Waals surface area (Å²) < 4.78 is 5.52. The van der Waals surface area contributed by atoms with Gasteiger partial charge in [-0.25, -0.2) is 4.79 Å². The van der Waals surface area contributed by atoms with Crippen LogP contribution in [-0.2, 0) is 4.74 Å². The lowest BCUT2D eigenvalue weighted by Crippen LogP contribution is -2.35. The van der Waals surface area contributed by atoms with E-state index < -0.39 is 0 Å². The number of amides is 1. The molecular weight excluding hydrogens is 262 g/mol. The molecule has 0 fully saturated rings. The molecule has 0 unspecified atom stereocenters. The monoisotopic (exact) mass is 279 g/mol. The van der Waals surface area contributed by atoms with Crippen LogP contribution in [0.15, 0.2) is 48.5 Å². The van der Waals surface area contributed by atoms with Crippen LogP contribution in [0.3, 0.4) is 0 Å². The maximum atomic E-state index is 12.1. The average molecular weight is 279 g/mol. The molecule has 1 aliphatic heterocycles. The van der Waals surface area contributed by atoms with Crippen LogP contribution in [0.2, 0.25) is 0 Å². The lowest BCUT2D eigenvalue weighted by Gasteiger charge is -2.29. The highest BCUT2D eigenvalue weighted by Gasteiger charge is 2.28. The van der Waals surface area contributed by atoms with E-state index in [9.17, 15) is 4.79 Å². The van der Waals surface area contributed by atoms with E-state index in [1.165, 1.54) is 0 Å². The zero-order valence-corrected chi connectivity index (χ0v) is 12.2. The summed E-state index contributed by atoms with van der Waals surface area (Å²) in [6.07, 6.45) is 1.58. The standard InChI is InChI=1S/C18H17NO2/c1-3-19-16-10-9-13(2)11-15(16)17(21-18(19)20)12-14-7-5-4-6-8-14/h4-12H,3H2,1-2H3/b17-12-. The van der Waals surface area contributed by atoms with Gasteiger partial charge in [0.1, 0.15) is 5.76 Å². The van der Waals surface area contributed by atoms with E-state index in [1.54, 1.807) is 4.90 Å². The molecular formula is C18H17NO2. The van der Waals surface area contributed by atoms with Gasteiger partial charge in [0.15, 0.2) is 0 Å². The zero-order chi connectivity index (χ0) is 14.8. The largest absolute Gasteiger partial charge is 0.419 e. The Kier molecular flexibility index (Phi) is 3.48. The molecule has 0 spiro atoms. The van der Waals surface area contributed by atoms with Gasteiger partial charge in [0, 0.05) is 12.1 Å². The highest BCUT2D eigenvalue weighted by atomic mass is 16.6. The molecule has 1 aliphatic rings. The van der Waals surface area contributed by atoms with Crippen molar-refractivity contribution in [3.63, 3.8) is 0 Å². The van der Waals surface area contributed by atoms with E-state index in [-0.39, 0.29) is 6.09 Å². The fourth-order valence-electron chi connectivity index (χ4n) is 2.49. The minimum atomic E-state index is -0.323. The Hall–Kier alpha value is -2.55. The first-order valence-corrected chi connectivity index (χ1v) is 7.06. The molecule has 0 atom stereocenters. The molecule has 3 nitrogen and oxygen atoms in total. The highest BCUT2D eigenvalue weighted by Crippen LogP contribution is 2.35. The Bertz CT molecular complexity index is 704. The zero-order valence-electron chi connectivity index (χ0n) is 12.2. The number of hydrogen-bond acceptors (Lipinski definition) is 2. The SMILES string of the molecule is CCN1C(=O)O/C(=C\c2ccccc2)c2cc(C)ccc21. The highest BCUT2D eigenvalue weighted by molar-refractivity contribution is 6.01. The van der Waals surface area contributed by atoms with Crippen LogP contribution in [0.1, 0.15) is 23.6 Å². The van der Waals surface area contributed by atoms with Crippen LogP contribution in [-0.4, -0.2) is 12.6 Å². The van der Waals surface area contributed by atoms with Gasteiger partial charge in [0.05, 0.1) is 5.69 Å². The number of anilines is 1. The number of aryl methyl sites for hydroxylation is 1. The number of cyclic esters (lactones) is 1. The van der Waals surface area contributed by atoms with Crippen molar-refractivity contribution in [2.24, 2.45) is 0 Å². The molecule has 0 radical (unpaired) electrons.